The lowest BCUT2D eigenvalue weighted by atomic mass is 10.1. The molecule has 4 aromatic heterocycles. The second-order valence-corrected chi connectivity index (χ2v) is 20.4. The maximum absolute atomic E-state index is 16.3. The summed E-state index contributed by atoms with van der Waals surface area (Å²) in [5.41, 5.74) is 11.7. The number of esters is 1. The second-order valence-electron chi connectivity index (χ2n) is 14.6. The summed E-state index contributed by atoms with van der Waals surface area (Å²) in [6.07, 6.45) is -7.66. The van der Waals surface area contributed by atoms with E-state index >= 15 is 4.39 Å². The van der Waals surface area contributed by atoms with Crippen molar-refractivity contribution in [2.75, 3.05) is 31.2 Å². The number of hydrogen-bond acceptors (Lipinski definition) is 20. The van der Waals surface area contributed by atoms with E-state index in [1.807, 2.05) is 0 Å². The van der Waals surface area contributed by atoms with E-state index in [1.165, 1.54) is 33.0 Å². The van der Waals surface area contributed by atoms with E-state index in [1.54, 1.807) is 20.8 Å². The molecule has 0 saturated carbocycles. The number of carbonyl (C=O) groups excluding carboxylic acids is 2. The fourth-order valence-electron chi connectivity index (χ4n) is 7.08. The zero-order valence-electron chi connectivity index (χ0n) is 30.8. The van der Waals surface area contributed by atoms with E-state index in [2.05, 4.69) is 54.4 Å². The van der Waals surface area contributed by atoms with Crippen LogP contribution >= 0.6 is 38.1 Å². The van der Waals surface area contributed by atoms with Gasteiger partial charge in [-0.15, -0.1) is 0 Å². The van der Waals surface area contributed by atoms with E-state index in [-0.39, 0.29) is 46.9 Å². The Kier molecular flexibility index (Phi) is 10.9. The van der Waals surface area contributed by atoms with Gasteiger partial charge in [-0.1, -0.05) is 24.5 Å². The Morgan fingerprint density at radius 1 is 0.845 bits per heavy atom. The lowest BCUT2D eigenvalue weighted by Gasteiger charge is -2.31. The normalized spacial score (nSPS) is 34.7. The van der Waals surface area contributed by atoms with E-state index in [0.717, 1.165) is 6.33 Å². The van der Waals surface area contributed by atoms with Gasteiger partial charge in [0.2, 0.25) is 0 Å². The van der Waals surface area contributed by atoms with Crippen LogP contribution in [0.5, 0.6) is 0 Å². The third-order valence-electron chi connectivity index (χ3n) is 9.59. The number of carbonyl (C=O) groups is 2. The van der Waals surface area contributed by atoms with Crippen molar-refractivity contribution in [3.63, 3.8) is 0 Å². The van der Waals surface area contributed by atoms with Gasteiger partial charge < -0.3 is 30.4 Å². The largest absolute Gasteiger partial charge is 0.453 e. The van der Waals surface area contributed by atoms with Crippen LogP contribution in [0.4, 0.5) is 20.8 Å². The maximum atomic E-state index is 16.3. The van der Waals surface area contributed by atoms with Gasteiger partial charge in [-0.05, 0) is 33.6 Å². The highest BCUT2D eigenvalue weighted by molar-refractivity contribution is 8.44. The van der Waals surface area contributed by atoms with Crippen molar-refractivity contribution in [1.29, 1.82) is 0 Å². The number of aromatic nitrogens is 8. The molecule has 0 spiro atoms. The SMILES string of the molecule is CC(C)(C)OC(=O)N1CCC[C@@H]1C(=O)O[C@@H]1[C@@H]2O[P@](=O)(S)OC[C@H]3O[C@@H](n4cnc5c(N)ncnc54)[C@H](F)[C@@H]3O[P@@](=O)(S)OC[C@H]2O[C@H]1n1cnc2c(N)ncnc21. The van der Waals surface area contributed by atoms with Crippen molar-refractivity contribution in [2.24, 2.45) is 0 Å². The van der Waals surface area contributed by atoms with Gasteiger partial charge in [0.15, 0.2) is 47.7 Å². The van der Waals surface area contributed by atoms with Crippen LogP contribution in [0.1, 0.15) is 46.1 Å². The average molecular weight is 890 g/mol. The minimum atomic E-state index is -4.54. The molecule has 0 aromatic carbocycles. The first-order chi connectivity index (χ1) is 27.4. The number of fused-ring (bicyclic) bond motifs is 4. The molecule has 4 aliphatic rings. The molecule has 4 saturated heterocycles. The van der Waals surface area contributed by atoms with Gasteiger partial charge in [-0.25, -0.2) is 53.0 Å². The first kappa shape index (κ1) is 41.0. The molecule has 4 aliphatic heterocycles. The average Bonchev–Trinajstić information content (AvgIpc) is 3.98. The van der Waals surface area contributed by atoms with Gasteiger partial charge in [0, 0.05) is 6.54 Å². The minimum Gasteiger partial charge on any atom is -0.453 e. The highest BCUT2D eigenvalue weighted by atomic mass is 32.7. The summed E-state index contributed by atoms with van der Waals surface area (Å²) >= 11 is 8.33. The first-order valence-electron chi connectivity index (χ1n) is 17.7. The zero-order valence-corrected chi connectivity index (χ0v) is 34.4. The van der Waals surface area contributed by atoms with Crippen molar-refractivity contribution in [1.82, 2.24) is 43.9 Å². The molecule has 0 aliphatic carbocycles. The fraction of sp³-hybridized carbons (Fsp3) is 0.600. The van der Waals surface area contributed by atoms with Gasteiger partial charge in [0.1, 0.15) is 59.7 Å². The van der Waals surface area contributed by atoms with Gasteiger partial charge in [-0.2, -0.15) is 0 Å². The molecule has 0 unspecified atom stereocenters. The summed E-state index contributed by atoms with van der Waals surface area (Å²) < 4.78 is 93.7. The molecule has 4 aromatic rings. The van der Waals surface area contributed by atoms with Crippen molar-refractivity contribution in [3.05, 3.63) is 25.3 Å². The van der Waals surface area contributed by atoms with Crippen LogP contribution in [0.25, 0.3) is 22.3 Å². The number of hydrogen-bond donors (Lipinski definition) is 4. The molecule has 314 valence electrons. The number of halogens is 1. The molecule has 4 N–H and O–H groups in total. The predicted octanol–water partition coefficient (Wildman–Crippen LogP) is 3.17. The molecule has 4 fully saturated rings. The Morgan fingerprint density at radius 2 is 1.38 bits per heavy atom. The minimum absolute atomic E-state index is 0.0292. The summed E-state index contributed by atoms with van der Waals surface area (Å²) in [6.45, 7) is -5.14. The van der Waals surface area contributed by atoms with Gasteiger partial charge in [0.25, 0.3) is 0 Å². The Bertz CT molecular complexity index is 2340. The number of ether oxygens (including phenoxy) is 4. The van der Waals surface area contributed by atoms with Crippen molar-refractivity contribution in [3.8, 4) is 0 Å². The number of amides is 1. The van der Waals surface area contributed by atoms with Gasteiger partial charge in [-0.3, -0.25) is 32.1 Å². The van der Waals surface area contributed by atoms with E-state index in [9.17, 15) is 18.7 Å². The third-order valence-corrected chi connectivity index (χ3v) is 12.8. The highest BCUT2D eigenvalue weighted by Gasteiger charge is 2.56. The molecule has 28 heteroatoms. The number of nitrogens with two attached hydrogens (primary N) is 2. The Labute approximate surface area is 338 Å². The van der Waals surface area contributed by atoms with Gasteiger partial charge in [0.05, 0.1) is 25.9 Å². The Balaban J connectivity index is 1.11. The molecule has 8 rings (SSSR count). The number of rotatable bonds is 4. The van der Waals surface area contributed by atoms with Crippen LogP contribution in [0, 0.1) is 0 Å². The summed E-state index contributed by atoms with van der Waals surface area (Å²) in [4.78, 5) is 53.1. The summed E-state index contributed by atoms with van der Waals surface area (Å²) in [5.74, 6) is -0.816. The molecule has 1 amide bonds. The molecule has 0 bridgehead atoms. The number of nitrogen functional groups attached to an aromatic ring is 2. The topological polar surface area (TPSA) is 285 Å². The lowest BCUT2D eigenvalue weighted by molar-refractivity contribution is -0.163. The number of anilines is 2. The van der Waals surface area contributed by atoms with Crippen molar-refractivity contribution >= 4 is 84.1 Å². The molecule has 58 heavy (non-hydrogen) atoms. The highest BCUT2D eigenvalue weighted by Crippen LogP contribution is 2.60. The predicted molar refractivity (Wildman–Crippen MR) is 203 cm³/mol. The quantitative estimate of drug-likeness (QED) is 0.130. The van der Waals surface area contributed by atoms with Crippen LogP contribution in [-0.4, -0.2) is 124 Å². The number of thiol groups is 2. The smallest absolute Gasteiger partial charge is 0.411 e. The Hall–Kier alpha value is -3.71. The van der Waals surface area contributed by atoms with Gasteiger partial charge >= 0.3 is 25.7 Å². The van der Waals surface area contributed by atoms with Crippen LogP contribution in [0.15, 0.2) is 25.3 Å². The van der Waals surface area contributed by atoms with Crippen LogP contribution in [0.3, 0.4) is 0 Å². The number of imidazole rings is 2. The zero-order chi connectivity index (χ0) is 41.3. The van der Waals surface area contributed by atoms with E-state index < -0.39 is 99.7 Å². The Morgan fingerprint density at radius 3 is 1.97 bits per heavy atom. The molecular weight excluding hydrogens is 851 g/mol. The van der Waals surface area contributed by atoms with Crippen LogP contribution in [-0.2, 0) is 51.0 Å². The summed E-state index contributed by atoms with van der Waals surface area (Å²) in [6, 6.07) is -1.09. The number of nitrogens with zero attached hydrogens (tertiary/aromatic N) is 9. The second kappa shape index (κ2) is 15.4. The molecule has 8 heterocycles. The van der Waals surface area contributed by atoms with Crippen LogP contribution in [0.2, 0.25) is 0 Å². The lowest BCUT2D eigenvalue weighted by Crippen LogP contribution is -2.47. The standard InChI is InChI=1S/C30H38FN11O12P2S2/c1-30(2,3)52-29(44)40-6-4-5-13(40)28(43)51-21-20-15(50-27(21)42-12-39-18-23(33)35-10-37-25(18)42)8-48-55(45,57)53-19-14(7-47-56(46,58)54-20)49-26(16(19)31)41-11-38-17-22(32)34-9-36-24(17)41/h9-16,19-21,26-27H,4-8H2,1-3H3,(H,45,57)(H,46,58)(H2,32,34,36)(H2,33,35,37)/t13-,14-,15-,16-,19-,20-,21-,26-,27-,55+,56-/m1/s1. The van der Waals surface area contributed by atoms with Crippen molar-refractivity contribution < 1.29 is 60.2 Å². The molecule has 0 radical (unpaired) electrons. The number of alkyl halides is 1. The molecule has 23 nitrogen and oxygen atoms in total. The fourth-order valence-corrected chi connectivity index (χ4v) is 10.0. The molecular formula is C30H38FN11O12P2S2. The first-order valence-corrected chi connectivity index (χ1v) is 23.1. The third kappa shape index (κ3) is 7.98. The summed E-state index contributed by atoms with van der Waals surface area (Å²) in [7, 11) is 0. The molecule has 11 atom stereocenters. The monoisotopic (exact) mass is 889 g/mol. The van der Waals surface area contributed by atoms with Crippen molar-refractivity contribution in [2.45, 2.75) is 94.4 Å². The van der Waals surface area contributed by atoms with Crippen LogP contribution < -0.4 is 11.5 Å². The maximum Gasteiger partial charge on any atom is 0.411 e. The number of likely N-dealkylation sites (tertiary alicyclic amines) is 1. The van der Waals surface area contributed by atoms with E-state index in [0.29, 0.717) is 6.42 Å². The van der Waals surface area contributed by atoms with E-state index in [4.69, 9.17) is 48.5 Å². The summed E-state index contributed by atoms with van der Waals surface area (Å²) in [5, 5.41) is 0.